The molecule has 1 saturated heterocycles. The summed E-state index contributed by atoms with van der Waals surface area (Å²) in [5.41, 5.74) is 2.69. The summed E-state index contributed by atoms with van der Waals surface area (Å²) in [4.78, 5) is 30.5. The fourth-order valence-corrected chi connectivity index (χ4v) is 3.60. The van der Waals surface area contributed by atoms with Crippen molar-refractivity contribution in [2.45, 2.75) is 19.3 Å². The van der Waals surface area contributed by atoms with E-state index in [1.807, 2.05) is 24.3 Å². The van der Waals surface area contributed by atoms with Crippen molar-refractivity contribution < 1.29 is 4.79 Å². The van der Waals surface area contributed by atoms with Crippen LogP contribution in [0.15, 0.2) is 36.9 Å². The van der Waals surface area contributed by atoms with E-state index in [1.54, 1.807) is 6.33 Å². The number of benzene rings is 1. The number of nitrogens with one attached hydrogen (secondary N) is 2. The first-order valence-electron chi connectivity index (χ1n) is 9.12. The number of aromatic nitrogens is 4. The molecule has 2 N–H and O–H groups in total. The average Bonchev–Trinajstić information content (AvgIpc) is 3.18. The van der Waals surface area contributed by atoms with E-state index in [0.29, 0.717) is 12.2 Å². The molecule has 0 unspecified atom stereocenters. The Morgan fingerprint density at radius 2 is 1.96 bits per heavy atom. The van der Waals surface area contributed by atoms with Crippen LogP contribution in [-0.4, -0.2) is 45.5 Å². The zero-order chi connectivity index (χ0) is 18.6. The third-order valence-corrected chi connectivity index (χ3v) is 5.25. The Balaban J connectivity index is 1.28. The highest BCUT2D eigenvalue weighted by Crippen LogP contribution is 2.25. The van der Waals surface area contributed by atoms with Crippen molar-refractivity contribution in [1.82, 2.24) is 25.3 Å². The highest BCUT2D eigenvalue weighted by atomic mass is 35.5. The highest BCUT2D eigenvalue weighted by molar-refractivity contribution is 6.30. The second-order valence-electron chi connectivity index (χ2n) is 6.73. The number of fused-ring (bicyclic) bond motifs is 1. The van der Waals surface area contributed by atoms with Gasteiger partial charge >= 0.3 is 0 Å². The molecule has 2 aromatic heterocycles. The predicted octanol–water partition coefficient (Wildman–Crippen LogP) is 2.58. The van der Waals surface area contributed by atoms with Crippen LogP contribution in [0.1, 0.15) is 18.4 Å². The van der Waals surface area contributed by atoms with Crippen LogP contribution in [0.2, 0.25) is 5.02 Å². The number of hydrogen-bond donors (Lipinski definition) is 2. The molecule has 0 atom stereocenters. The molecule has 8 heteroatoms. The molecule has 3 aromatic rings. The molecule has 1 aromatic carbocycles. The standard InChI is InChI=1S/C19H21ClN6O/c20-15-3-1-13(2-4-15)5-8-21-19(27)14-6-9-26(10-7-14)18-16-17(23-11-22-16)24-12-25-18/h1-4,11-12,14H,5-10H2,(H,21,27)(H,22,23,24,25). The number of rotatable bonds is 5. The predicted molar refractivity (Wildman–Crippen MR) is 105 cm³/mol. The van der Waals surface area contributed by atoms with E-state index in [1.165, 1.54) is 11.9 Å². The molecule has 140 valence electrons. The molecule has 3 heterocycles. The molecule has 0 saturated carbocycles. The second kappa shape index (κ2) is 7.92. The van der Waals surface area contributed by atoms with Gasteiger partial charge in [-0.2, -0.15) is 0 Å². The van der Waals surface area contributed by atoms with Gasteiger partial charge in [0.25, 0.3) is 0 Å². The fourth-order valence-electron chi connectivity index (χ4n) is 3.47. The first-order valence-corrected chi connectivity index (χ1v) is 9.49. The SMILES string of the molecule is O=C(NCCc1ccc(Cl)cc1)C1CCN(c2ncnc3nc[nH]c23)CC1. The van der Waals surface area contributed by atoms with Gasteiger partial charge in [0.2, 0.25) is 5.91 Å². The normalized spacial score (nSPS) is 15.2. The monoisotopic (exact) mass is 384 g/mol. The number of hydrogen-bond acceptors (Lipinski definition) is 5. The Labute approximate surface area is 162 Å². The Hall–Kier alpha value is -2.67. The largest absolute Gasteiger partial charge is 0.356 e. The second-order valence-corrected chi connectivity index (χ2v) is 7.16. The van der Waals surface area contributed by atoms with Crippen molar-refractivity contribution in [3.63, 3.8) is 0 Å². The molecule has 1 aliphatic rings. The molecule has 0 bridgehead atoms. The summed E-state index contributed by atoms with van der Waals surface area (Å²) in [7, 11) is 0. The summed E-state index contributed by atoms with van der Waals surface area (Å²) < 4.78 is 0. The maximum atomic E-state index is 12.5. The molecule has 4 rings (SSSR count). The van der Waals surface area contributed by atoms with E-state index in [-0.39, 0.29) is 11.8 Å². The lowest BCUT2D eigenvalue weighted by Crippen LogP contribution is -2.41. The summed E-state index contributed by atoms with van der Waals surface area (Å²) in [6, 6.07) is 7.73. The fraction of sp³-hybridized carbons (Fsp3) is 0.368. The highest BCUT2D eigenvalue weighted by Gasteiger charge is 2.26. The van der Waals surface area contributed by atoms with Crippen molar-refractivity contribution in [3.8, 4) is 0 Å². The molecular weight excluding hydrogens is 364 g/mol. The summed E-state index contributed by atoms with van der Waals surface area (Å²) in [6.07, 6.45) is 5.59. The Bertz CT molecular complexity index is 917. The topological polar surface area (TPSA) is 86.8 Å². The maximum absolute atomic E-state index is 12.5. The zero-order valence-electron chi connectivity index (χ0n) is 14.9. The van der Waals surface area contributed by atoms with Crippen molar-refractivity contribution in [2.75, 3.05) is 24.5 Å². The lowest BCUT2D eigenvalue weighted by Gasteiger charge is -2.32. The maximum Gasteiger partial charge on any atom is 0.223 e. The van der Waals surface area contributed by atoms with Gasteiger partial charge in [0, 0.05) is 30.6 Å². The number of aromatic amines is 1. The van der Waals surface area contributed by atoms with Crippen LogP contribution in [0.25, 0.3) is 11.2 Å². The van der Waals surface area contributed by atoms with E-state index in [9.17, 15) is 4.79 Å². The van der Waals surface area contributed by atoms with Crippen molar-refractivity contribution in [1.29, 1.82) is 0 Å². The quantitative estimate of drug-likeness (QED) is 0.706. The molecule has 27 heavy (non-hydrogen) atoms. The molecule has 7 nitrogen and oxygen atoms in total. The number of halogens is 1. The molecule has 0 spiro atoms. The van der Waals surface area contributed by atoms with Gasteiger partial charge in [-0.05, 0) is 37.0 Å². The number of piperidine rings is 1. The average molecular weight is 385 g/mol. The molecule has 1 amide bonds. The van der Waals surface area contributed by atoms with E-state index < -0.39 is 0 Å². The van der Waals surface area contributed by atoms with Crippen LogP contribution < -0.4 is 10.2 Å². The van der Waals surface area contributed by atoms with E-state index in [0.717, 1.165) is 48.7 Å². The number of carbonyl (C=O) groups excluding carboxylic acids is 1. The van der Waals surface area contributed by atoms with Crippen LogP contribution in [0, 0.1) is 5.92 Å². The number of anilines is 1. The minimum Gasteiger partial charge on any atom is -0.356 e. The van der Waals surface area contributed by atoms with Gasteiger partial charge in [-0.1, -0.05) is 23.7 Å². The van der Waals surface area contributed by atoms with Crippen LogP contribution in [0.4, 0.5) is 5.82 Å². The third kappa shape index (κ3) is 4.03. The molecular formula is C19H21ClN6O. The first kappa shape index (κ1) is 17.7. The van der Waals surface area contributed by atoms with E-state index in [2.05, 4.69) is 30.2 Å². The molecule has 1 aliphatic heterocycles. The van der Waals surface area contributed by atoms with Gasteiger partial charge in [-0.15, -0.1) is 0 Å². The van der Waals surface area contributed by atoms with Gasteiger partial charge in [0.15, 0.2) is 11.5 Å². The molecule has 0 aliphatic carbocycles. The summed E-state index contributed by atoms with van der Waals surface area (Å²) in [6.45, 7) is 2.22. The van der Waals surface area contributed by atoms with Crippen molar-refractivity contribution in [2.24, 2.45) is 5.92 Å². The van der Waals surface area contributed by atoms with Crippen molar-refractivity contribution >= 4 is 34.5 Å². The Morgan fingerprint density at radius 3 is 2.74 bits per heavy atom. The first-order chi connectivity index (χ1) is 13.2. The van der Waals surface area contributed by atoms with E-state index in [4.69, 9.17) is 11.6 Å². The number of imidazole rings is 1. The number of H-pyrrole nitrogens is 1. The summed E-state index contributed by atoms with van der Waals surface area (Å²) in [5, 5.41) is 3.79. The van der Waals surface area contributed by atoms with Gasteiger partial charge in [-0.25, -0.2) is 15.0 Å². The van der Waals surface area contributed by atoms with Crippen LogP contribution in [0.3, 0.4) is 0 Å². The molecule has 1 fully saturated rings. The van der Waals surface area contributed by atoms with Gasteiger partial charge < -0.3 is 15.2 Å². The van der Waals surface area contributed by atoms with Crippen LogP contribution >= 0.6 is 11.6 Å². The van der Waals surface area contributed by atoms with Gasteiger partial charge in [0.1, 0.15) is 11.8 Å². The summed E-state index contributed by atoms with van der Waals surface area (Å²) >= 11 is 5.89. The third-order valence-electron chi connectivity index (χ3n) is 4.99. The summed E-state index contributed by atoms with van der Waals surface area (Å²) in [5.74, 6) is 1.04. The van der Waals surface area contributed by atoms with Crippen molar-refractivity contribution in [3.05, 3.63) is 47.5 Å². The number of amides is 1. The minimum atomic E-state index is 0.0468. The van der Waals surface area contributed by atoms with Gasteiger partial charge in [-0.3, -0.25) is 4.79 Å². The Morgan fingerprint density at radius 1 is 1.19 bits per heavy atom. The smallest absolute Gasteiger partial charge is 0.223 e. The lowest BCUT2D eigenvalue weighted by molar-refractivity contribution is -0.125. The zero-order valence-corrected chi connectivity index (χ0v) is 15.6. The van der Waals surface area contributed by atoms with Gasteiger partial charge in [0.05, 0.1) is 6.33 Å². The Kier molecular flexibility index (Phi) is 5.20. The molecule has 0 radical (unpaired) electrons. The number of carbonyl (C=O) groups is 1. The lowest BCUT2D eigenvalue weighted by atomic mass is 9.95. The van der Waals surface area contributed by atoms with E-state index >= 15 is 0 Å². The van der Waals surface area contributed by atoms with Crippen LogP contribution in [0.5, 0.6) is 0 Å². The number of nitrogens with zero attached hydrogens (tertiary/aromatic N) is 4. The van der Waals surface area contributed by atoms with Crippen LogP contribution in [-0.2, 0) is 11.2 Å². The minimum absolute atomic E-state index is 0.0468.